The summed E-state index contributed by atoms with van der Waals surface area (Å²) in [5.74, 6) is 0. The highest BCUT2D eigenvalue weighted by Gasteiger charge is 2.25. The highest BCUT2D eigenvalue weighted by atomic mass is 16.3. The zero-order chi connectivity index (χ0) is 11.1. The van der Waals surface area contributed by atoms with E-state index in [4.69, 9.17) is 5.11 Å². The van der Waals surface area contributed by atoms with Crippen LogP contribution in [0.2, 0.25) is 0 Å². The molecule has 3 nitrogen and oxygen atoms in total. The van der Waals surface area contributed by atoms with E-state index in [1.54, 1.807) is 0 Å². The summed E-state index contributed by atoms with van der Waals surface area (Å²) < 4.78 is 0. The van der Waals surface area contributed by atoms with Crippen LogP contribution in [0.5, 0.6) is 0 Å². The molecule has 0 aliphatic heterocycles. The Morgan fingerprint density at radius 3 is 2.53 bits per heavy atom. The van der Waals surface area contributed by atoms with E-state index in [0.717, 1.165) is 38.6 Å². The molecule has 0 aromatic carbocycles. The molecule has 90 valence electrons. The molecule has 0 bridgehead atoms. The first-order valence-corrected chi connectivity index (χ1v) is 6.25. The summed E-state index contributed by atoms with van der Waals surface area (Å²) in [5.41, 5.74) is 0. The van der Waals surface area contributed by atoms with Gasteiger partial charge in [-0.15, -0.1) is 0 Å². The Labute approximate surface area is 93.1 Å². The molecule has 15 heavy (non-hydrogen) atoms. The van der Waals surface area contributed by atoms with Gasteiger partial charge in [0.1, 0.15) is 0 Å². The fraction of sp³-hybridized carbons (Fsp3) is 1.00. The lowest BCUT2D eigenvalue weighted by atomic mass is 9.91. The number of nitrogens with zero attached hydrogens (tertiary/aromatic N) is 1. The van der Waals surface area contributed by atoms with Crippen LogP contribution in [0.3, 0.4) is 0 Å². The fourth-order valence-corrected chi connectivity index (χ4v) is 2.42. The van der Waals surface area contributed by atoms with Gasteiger partial charge in [0.2, 0.25) is 0 Å². The number of likely N-dealkylation sites (N-methyl/N-ethyl adjacent to an activating group) is 1. The molecular formula is C12H25NO2. The maximum atomic E-state index is 9.86. The lowest BCUT2D eigenvalue weighted by molar-refractivity contribution is 0.0314. The van der Waals surface area contributed by atoms with Gasteiger partial charge in [0.25, 0.3) is 0 Å². The number of aliphatic hydroxyl groups excluding tert-OH is 2. The number of hydrogen-bond acceptors (Lipinski definition) is 3. The lowest BCUT2D eigenvalue weighted by Gasteiger charge is -2.35. The van der Waals surface area contributed by atoms with Gasteiger partial charge in [0.15, 0.2) is 0 Å². The average molecular weight is 215 g/mol. The molecule has 0 aromatic rings. The largest absolute Gasteiger partial charge is 0.396 e. The summed E-state index contributed by atoms with van der Waals surface area (Å²) in [6.45, 7) is 1.34. The van der Waals surface area contributed by atoms with Gasteiger partial charge in [-0.2, -0.15) is 0 Å². The smallest absolute Gasteiger partial charge is 0.0695 e. The molecule has 2 atom stereocenters. The minimum Gasteiger partial charge on any atom is -0.396 e. The van der Waals surface area contributed by atoms with Crippen molar-refractivity contribution in [1.29, 1.82) is 0 Å². The normalized spacial score (nSPS) is 27.2. The van der Waals surface area contributed by atoms with Crippen LogP contribution in [0.25, 0.3) is 0 Å². The van der Waals surface area contributed by atoms with Crippen LogP contribution in [-0.4, -0.2) is 47.5 Å². The van der Waals surface area contributed by atoms with Crippen molar-refractivity contribution in [2.24, 2.45) is 0 Å². The first-order chi connectivity index (χ1) is 7.25. The number of unbranched alkanes of at least 4 members (excludes halogenated alkanes) is 2. The Bertz CT molecular complexity index is 164. The third-order valence-electron chi connectivity index (χ3n) is 3.43. The van der Waals surface area contributed by atoms with Crippen LogP contribution in [-0.2, 0) is 0 Å². The van der Waals surface area contributed by atoms with Gasteiger partial charge in [0, 0.05) is 12.6 Å². The van der Waals surface area contributed by atoms with Gasteiger partial charge >= 0.3 is 0 Å². The van der Waals surface area contributed by atoms with Crippen LogP contribution in [0, 0.1) is 0 Å². The van der Waals surface area contributed by atoms with E-state index >= 15 is 0 Å². The molecule has 1 aliphatic carbocycles. The Morgan fingerprint density at radius 2 is 1.87 bits per heavy atom. The van der Waals surface area contributed by atoms with Gasteiger partial charge in [-0.3, -0.25) is 0 Å². The summed E-state index contributed by atoms with van der Waals surface area (Å²) >= 11 is 0. The van der Waals surface area contributed by atoms with Gasteiger partial charge in [-0.05, 0) is 45.7 Å². The average Bonchev–Trinajstić information content (AvgIpc) is 2.25. The van der Waals surface area contributed by atoms with E-state index in [9.17, 15) is 5.11 Å². The predicted octanol–water partition coefficient (Wildman–Crippen LogP) is 1.38. The van der Waals surface area contributed by atoms with E-state index in [1.807, 2.05) is 0 Å². The second-order valence-corrected chi connectivity index (χ2v) is 4.68. The SMILES string of the molecule is CN(CCCCCO)[C@@H]1CCCC[C@H]1O. The topological polar surface area (TPSA) is 43.7 Å². The molecule has 3 heteroatoms. The van der Waals surface area contributed by atoms with E-state index < -0.39 is 0 Å². The van der Waals surface area contributed by atoms with Crippen molar-refractivity contribution in [1.82, 2.24) is 4.90 Å². The Kier molecular flexibility index (Phi) is 6.22. The van der Waals surface area contributed by atoms with E-state index in [2.05, 4.69) is 11.9 Å². The lowest BCUT2D eigenvalue weighted by Crippen LogP contribution is -2.43. The molecule has 0 radical (unpaired) electrons. The van der Waals surface area contributed by atoms with Crippen molar-refractivity contribution in [3.05, 3.63) is 0 Å². The van der Waals surface area contributed by atoms with E-state index in [-0.39, 0.29) is 6.10 Å². The molecule has 0 unspecified atom stereocenters. The molecule has 0 heterocycles. The van der Waals surface area contributed by atoms with Crippen LogP contribution < -0.4 is 0 Å². The molecule has 0 spiro atoms. The molecule has 0 aromatic heterocycles. The number of aliphatic hydroxyl groups is 2. The Balaban J connectivity index is 2.16. The van der Waals surface area contributed by atoms with Crippen molar-refractivity contribution < 1.29 is 10.2 Å². The van der Waals surface area contributed by atoms with Gasteiger partial charge in [-0.1, -0.05) is 12.8 Å². The zero-order valence-electron chi connectivity index (χ0n) is 9.86. The second-order valence-electron chi connectivity index (χ2n) is 4.68. The maximum absolute atomic E-state index is 9.86. The first-order valence-electron chi connectivity index (χ1n) is 6.25. The molecule has 1 saturated carbocycles. The van der Waals surface area contributed by atoms with Crippen LogP contribution in [0.1, 0.15) is 44.9 Å². The van der Waals surface area contributed by atoms with E-state index in [1.165, 1.54) is 12.8 Å². The third-order valence-corrected chi connectivity index (χ3v) is 3.43. The number of rotatable bonds is 6. The van der Waals surface area contributed by atoms with Crippen molar-refractivity contribution in [3.63, 3.8) is 0 Å². The zero-order valence-corrected chi connectivity index (χ0v) is 9.86. The van der Waals surface area contributed by atoms with Crippen LogP contribution in [0.15, 0.2) is 0 Å². The van der Waals surface area contributed by atoms with E-state index in [0.29, 0.717) is 12.6 Å². The highest BCUT2D eigenvalue weighted by molar-refractivity contribution is 4.81. The standard InChI is InChI=1S/C12H25NO2/c1-13(9-5-2-6-10-14)11-7-3-4-8-12(11)15/h11-12,14-15H,2-10H2,1H3/t11-,12-/m1/s1. The summed E-state index contributed by atoms with van der Waals surface area (Å²) in [4.78, 5) is 2.29. The van der Waals surface area contributed by atoms with Crippen LogP contribution in [0.4, 0.5) is 0 Å². The molecule has 0 saturated heterocycles. The molecule has 0 amide bonds. The predicted molar refractivity (Wildman–Crippen MR) is 61.8 cm³/mol. The molecule has 1 fully saturated rings. The molecule has 1 aliphatic rings. The van der Waals surface area contributed by atoms with Crippen molar-refractivity contribution in [2.75, 3.05) is 20.2 Å². The number of hydrogen-bond donors (Lipinski definition) is 2. The third kappa shape index (κ3) is 4.49. The van der Waals surface area contributed by atoms with Gasteiger partial charge in [0.05, 0.1) is 6.10 Å². The monoisotopic (exact) mass is 215 g/mol. The molecular weight excluding hydrogens is 190 g/mol. The summed E-state index contributed by atoms with van der Waals surface area (Å²) in [6, 6.07) is 0.368. The second kappa shape index (κ2) is 7.20. The summed E-state index contributed by atoms with van der Waals surface area (Å²) in [5, 5.41) is 18.5. The maximum Gasteiger partial charge on any atom is 0.0695 e. The fourth-order valence-electron chi connectivity index (χ4n) is 2.42. The van der Waals surface area contributed by atoms with Crippen molar-refractivity contribution in [3.8, 4) is 0 Å². The van der Waals surface area contributed by atoms with Crippen molar-refractivity contribution >= 4 is 0 Å². The molecule has 2 N–H and O–H groups in total. The minimum absolute atomic E-state index is 0.124. The van der Waals surface area contributed by atoms with Gasteiger partial charge < -0.3 is 15.1 Å². The Morgan fingerprint density at radius 1 is 1.13 bits per heavy atom. The quantitative estimate of drug-likeness (QED) is 0.658. The van der Waals surface area contributed by atoms with Crippen molar-refractivity contribution in [2.45, 2.75) is 57.1 Å². The minimum atomic E-state index is -0.124. The Hall–Kier alpha value is -0.120. The highest BCUT2D eigenvalue weighted by Crippen LogP contribution is 2.22. The van der Waals surface area contributed by atoms with Gasteiger partial charge in [-0.25, -0.2) is 0 Å². The molecule has 1 rings (SSSR count). The summed E-state index contributed by atoms with van der Waals surface area (Å²) in [7, 11) is 2.11. The first kappa shape index (κ1) is 12.9. The summed E-state index contributed by atoms with van der Waals surface area (Å²) in [6.07, 6.45) is 7.52. The van der Waals surface area contributed by atoms with Crippen LogP contribution >= 0.6 is 0 Å².